The molecular weight excluding hydrogens is 306 g/mol. The number of aliphatic hydroxyl groups is 1. The average Bonchev–Trinajstić information content (AvgIpc) is 2.87. The molecule has 1 aromatic heterocycles. The van der Waals surface area contributed by atoms with Crippen molar-refractivity contribution in [3.8, 4) is 0 Å². The van der Waals surface area contributed by atoms with Crippen molar-refractivity contribution in [3.05, 3.63) is 59.5 Å². The van der Waals surface area contributed by atoms with Crippen LogP contribution in [0.25, 0.3) is 10.1 Å². The summed E-state index contributed by atoms with van der Waals surface area (Å²) in [7, 11) is -3.74. The molecule has 0 unspecified atom stereocenters. The van der Waals surface area contributed by atoms with Crippen molar-refractivity contribution in [2.24, 2.45) is 0 Å². The molecule has 0 aliphatic carbocycles. The van der Waals surface area contributed by atoms with Crippen LogP contribution in [0.2, 0.25) is 0 Å². The van der Waals surface area contributed by atoms with Crippen LogP contribution < -0.4 is 4.72 Å². The Bertz CT molecular complexity index is 870. The lowest BCUT2D eigenvalue weighted by molar-refractivity contribution is 0.283. The summed E-state index contributed by atoms with van der Waals surface area (Å²) in [5.41, 5.74) is 0.497. The lowest BCUT2D eigenvalue weighted by atomic mass is 10.2. The first kappa shape index (κ1) is 14.1. The van der Waals surface area contributed by atoms with Gasteiger partial charge in [0.25, 0.3) is 10.0 Å². The Balaban J connectivity index is 2.14. The van der Waals surface area contributed by atoms with Crippen LogP contribution in [0.15, 0.2) is 59.5 Å². The maximum atomic E-state index is 12.6. The highest BCUT2D eigenvalue weighted by Crippen LogP contribution is 2.35. The molecule has 2 N–H and O–H groups in total. The molecule has 3 rings (SSSR count). The Kier molecular flexibility index (Phi) is 3.67. The van der Waals surface area contributed by atoms with Crippen LogP contribution >= 0.6 is 11.3 Å². The van der Waals surface area contributed by atoms with Crippen molar-refractivity contribution in [3.63, 3.8) is 0 Å². The van der Waals surface area contributed by atoms with Crippen molar-refractivity contribution >= 4 is 37.1 Å². The smallest absolute Gasteiger partial charge is 0.263 e. The van der Waals surface area contributed by atoms with Gasteiger partial charge < -0.3 is 5.11 Å². The lowest BCUT2D eigenvalue weighted by Crippen LogP contribution is -2.14. The third-order valence-electron chi connectivity index (χ3n) is 3.06. The summed E-state index contributed by atoms with van der Waals surface area (Å²) in [6, 6.07) is 15.9. The molecular formula is C15H13NO3S2. The third kappa shape index (κ3) is 2.65. The summed E-state index contributed by atoms with van der Waals surface area (Å²) in [4.78, 5) is 0.606. The molecule has 0 aliphatic rings. The minimum absolute atomic E-state index is 0.162. The first-order valence-electron chi connectivity index (χ1n) is 6.31. The van der Waals surface area contributed by atoms with Crippen molar-refractivity contribution in [1.82, 2.24) is 0 Å². The fourth-order valence-electron chi connectivity index (χ4n) is 2.18. The maximum absolute atomic E-state index is 12.6. The van der Waals surface area contributed by atoms with E-state index in [-0.39, 0.29) is 11.5 Å². The molecule has 4 nitrogen and oxygen atoms in total. The topological polar surface area (TPSA) is 66.4 Å². The molecule has 0 bridgehead atoms. The number of para-hydroxylation sites is 1. The molecule has 0 saturated carbocycles. The molecule has 0 amide bonds. The molecule has 0 fully saturated rings. The van der Waals surface area contributed by atoms with E-state index >= 15 is 0 Å². The zero-order valence-corrected chi connectivity index (χ0v) is 12.6. The third-order valence-corrected chi connectivity index (χ3v) is 5.85. The summed E-state index contributed by atoms with van der Waals surface area (Å²) >= 11 is 1.29. The van der Waals surface area contributed by atoms with Gasteiger partial charge in [0.2, 0.25) is 0 Å². The quantitative estimate of drug-likeness (QED) is 0.776. The van der Waals surface area contributed by atoms with Crippen LogP contribution in [0, 0.1) is 0 Å². The minimum atomic E-state index is -3.74. The van der Waals surface area contributed by atoms with Gasteiger partial charge in [0.05, 0.1) is 11.5 Å². The summed E-state index contributed by atoms with van der Waals surface area (Å²) in [6.45, 7) is -0.301. The van der Waals surface area contributed by atoms with Gasteiger partial charge >= 0.3 is 0 Å². The molecule has 0 atom stereocenters. The first-order chi connectivity index (χ1) is 10.1. The molecule has 2 aromatic carbocycles. The van der Waals surface area contributed by atoms with Gasteiger partial charge in [-0.3, -0.25) is 4.72 Å². The number of hydrogen-bond acceptors (Lipinski definition) is 4. The predicted molar refractivity (Wildman–Crippen MR) is 85.0 cm³/mol. The molecule has 3 aromatic rings. The normalized spacial score (nSPS) is 11.7. The molecule has 0 aliphatic heterocycles. The Hall–Kier alpha value is -1.89. The van der Waals surface area contributed by atoms with Gasteiger partial charge in [0.15, 0.2) is 0 Å². The molecule has 0 saturated heterocycles. The second-order valence-corrected chi connectivity index (χ2v) is 7.24. The number of benzene rings is 2. The van der Waals surface area contributed by atoms with E-state index in [1.807, 2.05) is 18.2 Å². The van der Waals surface area contributed by atoms with Crippen LogP contribution in [-0.2, 0) is 16.6 Å². The zero-order chi connectivity index (χ0) is 14.9. The fourth-order valence-corrected chi connectivity index (χ4v) is 5.04. The van der Waals surface area contributed by atoms with E-state index in [0.717, 1.165) is 4.70 Å². The Morgan fingerprint density at radius 3 is 2.38 bits per heavy atom. The van der Waals surface area contributed by atoms with E-state index in [9.17, 15) is 13.5 Å². The minimum Gasteiger partial charge on any atom is -0.391 e. The van der Waals surface area contributed by atoms with Crippen molar-refractivity contribution < 1.29 is 13.5 Å². The van der Waals surface area contributed by atoms with Crippen LogP contribution in [0.3, 0.4) is 0 Å². The predicted octanol–water partition coefficient (Wildman–Crippen LogP) is 3.19. The van der Waals surface area contributed by atoms with E-state index in [1.54, 1.807) is 36.4 Å². The van der Waals surface area contributed by atoms with Crippen LogP contribution in [0.5, 0.6) is 0 Å². The van der Waals surface area contributed by atoms with Crippen LogP contribution in [0.4, 0.5) is 5.69 Å². The number of sulfonamides is 1. The van der Waals surface area contributed by atoms with Crippen molar-refractivity contribution in [2.75, 3.05) is 4.72 Å². The second kappa shape index (κ2) is 5.48. The number of fused-ring (bicyclic) bond motifs is 1. The zero-order valence-electron chi connectivity index (χ0n) is 11.0. The van der Waals surface area contributed by atoms with Gasteiger partial charge in [-0.15, -0.1) is 11.3 Å². The number of rotatable bonds is 4. The molecule has 0 spiro atoms. The highest BCUT2D eigenvalue weighted by molar-refractivity contribution is 7.93. The second-order valence-electron chi connectivity index (χ2n) is 4.48. The summed E-state index contributed by atoms with van der Waals surface area (Å²) in [6.07, 6.45) is 0. The van der Waals surface area contributed by atoms with E-state index in [4.69, 9.17) is 0 Å². The molecule has 108 valence electrons. The first-order valence-corrected chi connectivity index (χ1v) is 8.61. The van der Waals surface area contributed by atoms with Crippen molar-refractivity contribution in [1.29, 1.82) is 0 Å². The number of thiophene rings is 1. The average molecular weight is 319 g/mol. The van der Waals surface area contributed by atoms with Gasteiger partial charge in [-0.05, 0) is 18.2 Å². The van der Waals surface area contributed by atoms with Crippen molar-refractivity contribution in [2.45, 2.75) is 11.5 Å². The molecule has 6 heteroatoms. The lowest BCUT2D eigenvalue weighted by Gasteiger charge is -2.08. The Labute approximate surface area is 126 Å². The summed E-state index contributed by atoms with van der Waals surface area (Å²) in [5, 5.41) is 10.1. The van der Waals surface area contributed by atoms with E-state index in [0.29, 0.717) is 16.0 Å². The SMILES string of the molecule is O=S(=O)(Nc1ccccc1)c1c(CO)sc2ccccc12. The summed E-state index contributed by atoms with van der Waals surface area (Å²) < 4.78 is 28.7. The van der Waals surface area contributed by atoms with Crippen LogP contribution in [-0.4, -0.2) is 13.5 Å². The molecule has 0 radical (unpaired) electrons. The fraction of sp³-hybridized carbons (Fsp3) is 0.0667. The van der Waals surface area contributed by atoms with Gasteiger partial charge in [0.1, 0.15) is 4.90 Å². The Morgan fingerprint density at radius 2 is 1.67 bits per heavy atom. The van der Waals surface area contributed by atoms with E-state index < -0.39 is 10.0 Å². The standard InChI is InChI=1S/C15H13NO3S2/c17-10-14-15(12-8-4-5-9-13(12)20-14)21(18,19)16-11-6-2-1-3-7-11/h1-9,16-17H,10H2. The van der Waals surface area contributed by atoms with E-state index in [2.05, 4.69) is 4.72 Å². The highest BCUT2D eigenvalue weighted by atomic mass is 32.2. The van der Waals surface area contributed by atoms with Crippen LogP contribution in [0.1, 0.15) is 4.88 Å². The monoisotopic (exact) mass is 319 g/mol. The highest BCUT2D eigenvalue weighted by Gasteiger charge is 2.24. The number of anilines is 1. The number of nitrogens with one attached hydrogen (secondary N) is 1. The largest absolute Gasteiger partial charge is 0.391 e. The summed E-state index contributed by atoms with van der Waals surface area (Å²) in [5.74, 6) is 0. The van der Waals surface area contributed by atoms with Gasteiger partial charge in [0, 0.05) is 15.8 Å². The Morgan fingerprint density at radius 1 is 1.00 bits per heavy atom. The number of aliphatic hydroxyl groups excluding tert-OH is 1. The van der Waals surface area contributed by atoms with E-state index in [1.165, 1.54) is 11.3 Å². The molecule has 1 heterocycles. The maximum Gasteiger partial charge on any atom is 0.263 e. The van der Waals surface area contributed by atoms with Gasteiger partial charge in [-0.1, -0.05) is 36.4 Å². The van der Waals surface area contributed by atoms with Gasteiger partial charge in [-0.25, -0.2) is 8.42 Å². The molecule has 21 heavy (non-hydrogen) atoms. The van der Waals surface area contributed by atoms with Gasteiger partial charge in [-0.2, -0.15) is 0 Å². The number of hydrogen-bond donors (Lipinski definition) is 2.